The van der Waals surface area contributed by atoms with Crippen molar-refractivity contribution in [2.45, 2.75) is 142 Å². The predicted octanol–water partition coefficient (Wildman–Crippen LogP) is 2.79. The van der Waals surface area contributed by atoms with E-state index in [1.807, 2.05) is 20.8 Å². The maximum absolute atomic E-state index is 12.1. The van der Waals surface area contributed by atoms with Gasteiger partial charge in [0, 0.05) is 19.8 Å². The van der Waals surface area contributed by atoms with Gasteiger partial charge < -0.3 is 38.6 Å². The SMILES string of the molecule is CC(=O)OC[C@H](O)C[C@H]1O[C@H]2[C@H](O)[C@H]3O[C@@H](CCOC(=O)C(C)(C)C)CC[C@@H]3O[C@H]2[C@H]1OC(C(C)C)C(C)C. The van der Waals surface area contributed by atoms with Gasteiger partial charge in [-0.2, -0.15) is 0 Å². The minimum atomic E-state index is -0.952. The van der Waals surface area contributed by atoms with E-state index >= 15 is 0 Å². The zero-order valence-corrected chi connectivity index (χ0v) is 24.8. The Morgan fingerprint density at radius 3 is 2.21 bits per heavy atom. The van der Waals surface area contributed by atoms with E-state index < -0.39 is 54.1 Å². The Labute approximate surface area is 233 Å². The Hall–Kier alpha value is -1.30. The summed E-state index contributed by atoms with van der Waals surface area (Å²) in [6.07, 6.45) is -3.25. The van der Waals surface area contributed by atoms with Crippen LogP contribution in [0.3, 0.4) is 0 Å². The molecule has 3 aliphatic rings. The highest BCUT2D eigenvalue weighted by Gasteiger charge is 2.58. The van der Waals surface area contributed by atoms with E-state index in [1.54, 1.807) is 0 Å². The van der Waals surface area contributed by atoms with Crippen molar-refractivity contribution in [2.75, 3.05) is 13.2 Å². The normalized spacial score (nSPS) is 33.7. The van der Waals surface area contributed by atoms with Crippen LogP contribution in [-0.4, -0.2) is 96.4 Å². The minimum Gasteiger partial charge on any atom is -0.465 e. The molecule has 226 valence electrons. The van der Waals surface area contributed by atoms with E-state index in [0.29, 0.717) is 12.8 Å². The fraction of sp³-hybridized carbons (Fsp3) is 0.931. The van der Waals surface area contributed by atoms with E-state index in [-0.39, 0.29) is 55.8 Å². The molecule has 0 saturated carbocycles. The van der Waals surface area contributed by atoms with Crippen molar-refractivity contribution in [3.8, 4) is 0 Å². The van der Waals surface area contributed by atoms with E-state index in [0.717, 1.165) is 6.42 Å². The summed E-state index contributed by atoms with van der Waals surface area (Å²) in [5, 5.41) is 22.0. The van der Waals surface area contributed by atoms with Crippen molar-refractivity contribution in [3.05, 3.63) is 0 Å². The molecule has 9 atom stereocenters. The maximum Gasteiger partial charge on any atom is 0.311 e. The third kappa shape index (κ3) is 8.36. The molecule has 10 nitrogen and oxygen atoms in total. The first-order chi connectivity index (χ1) is 18.2. The molecule has 0 aromatic rings. The highest BCUT2D eigenvalue weighted by atomic mass is 16.6. The molecule has 0 spiro atoms. The van der Waals surface area contributed by atoms with Gasteiger partial charge >= 0.3 is 11.9 Å². The number of ether oxygens (including phenoxy) is 6. The van der Waals surface area contributed by atoms with E-state index in [4.69, 9.17) is 28.4 Å². The fourth-order valence-electron chi connectivity index (χ4n) is 5.79. The van der Waals surface area contributed by atoms with Crippen LogP contribution < -0.4 is 0 Å². The van der Waals surface area contributed by atoms with E-state index in [1.165, 1.54) is 6.92 Å². The van der Waals surface area contributed by atoms with Crippen molar-refractivity contribution < 1.29 is 48.2 Å². The van der Waals surface area contributed by atoms with Gasteiger partial charge in [0.1, 0.15) is 37.1 Å². The van der Waals surface area contributed by atoms with Crippen LogP contribution in [0.25, 0.3) is 0 Å². The van der Waals surface area contributed by atoms with Gasteiger partial charge in [0.15, 0.2) is 0 Å². The minimum absolute atomic E-state index is 0.0771. The van der Waals surface area contributed by atoms with Crippen LogP contribution in [0.5, 0.6) is 0 Å². The zero-order chi connectivity index (χ0) is 29.1. The second-order valence-corrected chi connectivity index (χ2v) is 13.0. The first-order valence-corrected chi connectivity index (χ1v) is 14.5. The van der Waals surface area contributed by atoms with Crippen molar-refractivity contribution in [1.29, 1.82) is 0 Å². The first-order valence-electron chi connectivity index (χ1n) is 14.5. The average molecular weight is 559 g/mol. The predicted molar refractivity (Wildman–Crippen MR) is 142 cm³/mol. The van der Waals surface area contributed by atoms with Gasteiger partial charge in [-0.25, -0.2) is 0 Å². The molecule has 2 N–H and O–H groups in total. The number of aliphatic hydroxyl groups excluding tert-OH is 2. The average Bonchev–Trinajstić information content (AvgIpc) is 3.17. The van der Waals surface area contributed by atoms with Gasteiger partial charge in [0.2, 0.25) is 0 Å². The van der Waals surface area contributed by atoms with Gasteiger partial charge in [-0.15, -0.1) is 0 Å². The van der Waals surface area contributed by atoms with Crippen molar-refractivity contribution >= 4 is 11.9 Å². The number of esters is 2. The van der Waals surface area contributed by atoms with Gasteiger partial charge in [0.25, 0.3) is 0 Å². The molecule has 3 saturated heterocycles. The molecular formula is C29H50O10. The monoisotopic (exact) mass is 558 g/mol. The molecule has 0 unspecified atom stereocenters. The highest BCUT2D eigenvalue weighted by Crippen LogP contribution is 2.42. The summed E-state index contributed by atoms with van der Waals surface area (Å²) < 4.78 is 36.1. The molecule has 3 rings (SSSR count). The summed E-state index contributed by atoms with van der Waals surface area (Å²) in [6, 6.07) is 0. The lowest BCUT2D eigenvalue weighted by Crippen LogP contribution is -2.61. The second-order valence-electron chi connectivity index (χ2n) is 13.0. The Bertz CT molecular complexity index is 800. The maximum atomic E-state index is 12.1. The summed E-state index contributed by atoms with van der Waals surface area (Å²) in [5.74, 6) is -0.245. The number of rotatable bonds is 11. The van der Waals surface area contributed by atoms with Gasteiger partial charge in [-0.1, -0.05) is 27.7 Å². The lowest BCUT2D eigenvalue weighted by molar-refractivity contribution is -0.263. The number of hydrogen-bond donors (Lipinski definition) is 2. The summed E-state index contributed by atoms with van der Waals surface area (Å²) in [4.78, 5) is 23.3. The van der Waals surface area contributed by atoms with Crippen LogP contribution in [-0.2, 0) is 38.0 Å². The third-order valence-electron chi connectivity index (χ3n) is 7.74. The van der Waals surface area contributed by atoms with Crippen LogP contribution in [0.1, 0.15) is 81.1 Å². The molecule has 0 aliphatic carbocycles. The zero-order valence-electron chi connectivity index (χ0n) is 24.8. The van der Waals surface area contributed by atoms with Crippen LogP contribution in [0.2, 0.25) is 0 Å². The smallest absolute Gasteiger partial charge is 0.311 e. The standard InChI is InChI=1S/C29H50O10/c1-15(2)23(16(3)4)39-25-21(13-18(31)14-35-17(5)30)38-26-22(32)24-20(37-27(25)26)10-9-19(36-24)11-12-34-28(33)29(6,7)8/h15-16,18-27,31-32H,9-14H2,1-8H3/t18-,19-,20+,21-,22-,24+,25+,26+,27+/m1/s1. The van der Waals surface area contributed by atoms with Crippen molar-refractivity contribution in [2.24, 2.45) is 17.3 Å². The molecule has 10 heteroatoms. The van der Waals surface area contributed by atoms with E-state index in [9.17, 15) is 19.8 Å². The Kier molecular flexibility index (Phi) is 11.2. The van der Waals surface area contributed by atoms with Crippen LogP contribution in [0.15, 0.2) is 0 Å². The molecule has 0 bridgehead atoms. The van der Waals surface area contributed by atoms with Gasteiger partial charge in [-0.05, 0) is 45.4 Å². The molecule has 0 aromatic carbocycles. The molecule has 0 aromatic heterocycles. The van der Waals surface area contributed by atoms with Crippen molar-refractivity contribution in [3.63, 3.8) is 0 Å². The summed E-state index contributed by atoms with van der Waals surface area (Å²) in [7, 11) is 0. The summed E-state index contributed by atoms with van der Waals surface area (Å²) >= 11 is 0. The molecule has 0 radical (unpaired) electrons. The summed E-state index contributed by atoms with van der Waals surface area (Å²) in [6.45, 7) is 15.2. The van der Waals surface area contributed by atoms with E-state index in [2.05, 4.69) is 27.7 Å². The quantitative estimate of drug-likeness (QED) is 0.365. The highest BCUT2D eigenvalue weighted by molar-refractivity contribution is 5.75. The fourth-order valence-corrected chi connectivity index (χ4v) is 5.79. The summed E-state index contributed by atoms with van der Waals surface area (Å²) in [5.41, 5.74) is -0.564. The Morgan fingerprint density at radius 2 is 1.62 bits per heavy atom. The topological polar surface area (TPSA) is 130 Å². The molecule has 0 amide bonds. The lowest BCUT2D eigenvalue weighted by Gasteiger charge is -2.47. The third-order valence-corrected chi connectivity index (χ3v) is 7.74. The molecule has 3 fully saturated rings. The molecule has 3 aliphatic heterocycles. The van der Waals surface area contributed by atoms with Gasteiger partial charge in [0.05, 0.1) is 42.5 Å². The number of aliphatic hydroxyl groups is 2. The van der Waals surface area contributed by atoms with Crippen molar-refractivity contribution in [1.82, 2.24) is 0 Å². The second kappa shape index (κ2) is 13.6. The number of carbonyl (C=O) groups excluding carboxylic acids is 2. The lowest BCUT2D eigenvalue weighted by atomic mass is 9.87. The molecule has 39 heavy (non-hydrogen) atoms. The van der Waals surface area contributed by atoms with Crippen LogP contribution in [0, 0.1) is 17.3 Å². The molecule has 3 heterocycles. The number of fused-ring (bicyclic) bond motifs is 2. The number of hydrogen-bond acceptors (Lipinski definition) is 10. The Morgan fingerprint density at radius 1 is 0.949 bits per heavy atom. The molecular weight excluding hydrogens is 508 g/mol. The first kappa shape index (κ1) is 32.2. The number of carbonyl (C=O) groups is 2. The van der Waals surface area contributed by atoms with Crippen LogP contribution in [0.4, 0.5) is 0 Å². The largest absolute Gasteiger partial charge is 0.465 e. The Balaban J connectivity index is 1.69. The van der Waals surface area contributed by atoms with Crippen LogP contribution >= 0.6 is 0 Å². The van der Waals surface area contributed by atoms with Gasteiger partial charge in [-0.3, -0.25) is 9.59 Å².